The summed E-state index contributed by atoms with van der Waals surface area (Å²) in [6.07, 6.45) is 2.11. The summed E-state index contributed by atoms with van der Waals surface area (Å²) < 4.78 is 13.3. The van der Waals surface area contributed by atoms with E-state index >= 15 is 0 Å². The van der Waals surface area contributed by atoms with Gasteiger partial charge in [-0.1, -0.05) is 12.1 Å². The van der Waals surface area contributed by atoms with Gasteiger partial charge in [0.05, 0.1) is 5.56 Å². The van der Waals surface area contributed by atoms with Crippen LogP contribution in [0.15, 0.2) is 24.3 Å². The fourth-order valence-electron chi connectivity index (χ4n) is 2.09. The highest BCUT2D eigenvalue weighted by atomic mass is 19.1. The van der Waals surface area contributed by atoms with E-state index in [0.717, 1.165) is 25.9 Å². The molecule has 2 rings (SSSR count). The fourth-order valence-corrected chi connectivity index (χ4v) is 2.09. The number of carbonyl (C=O) groups excluding carboxylic acids is 1. The average molecular weight is 236 g/mol. The predicted octanol–water partition coefficient (Wildman–Crippen LogP) is 1.56. The van der Waals surface area contributed by atoms with Crippen LogP contribution in [0, 0.1) is 11.7 Å². The van der Waals surface area contributed by atoms with Crippen LogP contribution in [-0.2, 0) is 0 Å². The van der Waals surface area contributed by atoms with E-state index in [-0.39, 0.29) is 11.5 Å². The van der Waals surface area contributed by atoms with Crippen molar-refractivity contribution in [3.8, 4) is 0 Å². The van der Waals surface area contributed by atoms with Crippen molar-refractivity contribution in [2.24, 2.45) is 5.92 Å². The smallest absolute Gasteiger partial charge is 0.254 e. The molecule has 92 valence electrons. The summed E-state index contributed by atoms with van der Waals surface area (Å²) >= 11 is 0. The van der Waals surface area contributed by atoms with Crippen LogP contribution in [0.3, 0.4) is 0 Å². The summed E-state index contributed by atoms with van der Waals surface area (Å²) in [5.74, 6) is -0.155. The van der Waals surface area contributed by atoms with E-state index in [1.54, 1.807) is 12.1 Å². The van der Waals surface area contributed by atoms with Crippen molar-refractivity contribution >= 4 is 5.91 Å². The van der Waals surface area contributed by atoms with Crippen molar-refractivity contribution in [2.45, 2.75) is 12.8 Å². The molecule has 1 saturated heterocycles. The lowest BCUT2D eigenvalue weighted by Gasteiger charge is -2.09. The van der Waals surface area contributed by atoms with Gasteiger partial charge >= 0.3 is 0 Å². The molecule has 3 nitrogen and oxygen atoms in total. The average Bonchev–Trinajstić information content (AvgIpc) is 2.82. The third-order valence-electron chi connectivity index (χ3n) is 3.12. The first-order valence-electron chi connectivity index (χ1n) is 6.01. The molecular weight excluding hydrogens is 219 g/mol. The van der Waals surface area contributed by atoms with Gasteiger partial charge in [-0.2, -0.15) is 0 Å². The Hall–Kier alpha value is -1.42. The monoisotopic (exact) mass is 236 g/mol. The minimum absolute atomic E-state index is 0.122. The van der Waals surface area contributed by atoms with E-state index in [0.29, 0.717) is 12.5 Å². The molecule has 1 atom stereocenters. The van der Waals surface area contributed by atoms with Gasteiger partial charge in [-0.05, 0) is 44.0 Å². The number of nitrogens with one attached hydrogen (secondary N) is 2. The minimum atomic E-state index is -0.465. The number of carbonyl (C=O) groups is 1. The molecule has 1 aromatic rings. The van der Waals surface area contributed by atoms with Crippen LogP contribution < -0.4 is 10.6 Å². The molecule has 0 aromatic heterocycles. The molecule has 1 fully saturated rings. The number of amides is 1. The molecule has 0 bridgehead atoms. The van der Waals surface area contributed by atoms with E-state index in [1.807, 2.05) is 0 Å². The highest BCUT2D eigenvalue weighted by Gasteiger charge is 2.15. The molecule has 1 amide bonds. The third kappa shape index (κ3) is 3.27. The molecule has 0 aliphatic carbocycles. The first-order valence-corrected chi connectivity index (χ1v) is 6.01. The summed E-state index contributed by atoms with van der Waals surface area (Å²) in [4.78, 5) is 11.7. The molecule has 1 heterocycles. The van der Waals surface area contributed by atoms with Gasteiger partial charge in [-0.25, -0.2) is 4.39 Å². The molecule has 1 aliphatic rings. The predicted molar refractivity (Wildman–Crippen MR) is 64.3 cm³/mol. The lowest BCUT2D eigenvalue weighted by atomic mass is 10.1. The first kappa shape index (κ1) is 12.0. The second-order valence-electron chi connectivity index (χ2n) is 4.38. The van der Waals surface area contributed by atoms with Gasteiger partial charge in [0.1, 0.15) is 5.82 Å². The molecule has 4 heteroatoms. The molecule has 1 unspecified atom stereocenters. The van der Waals surface area contributed by atoms with Gasteiger partial charge in [0.2, 0.25) is 0 Å². The van der Waals surface area contributed by atoms with E-state index in [1.165, 1.54) is 12.1 Å². The maximum absolute atomic E-state index is 13.3. The highest BCUT2D eigenvalue weighted by Crippen LogP contribution is 2.11. The quantitative estimate of drug-likeness (QED) is 0.833. The molecule has 0 radical (unpaired) electrons. The minimum Gasteiger partial charge on any atom is -0.352 e. The Kier molecular flexibility index (Phi) is 4.09. The Labute approximate surface area is 100 Å². The molecule has 1 aromatic carbocycles. The number of rotatable bonds is 4. The number of benzene rings is 1. The van der Waals surface area contributed by atoms with Crippen LogP contribution in [0.4, 0.5) is 4.39 Å². The fraction of sp³-hybridized carbons (Fsp3) is 0.462. The maximum Gasteiger partial charge on any atom is 0.254 e. The standard InChI is InChI=1S/C13H17FN2O/c14-12-4-2-1-3-11(12)13(17)16-8-6-10-5-7-15-9-10/h1-4,10,15H,5-9H2,(H,16,17). The molecule has 1 aliphatic heterocycles. The van der Waals surface area contributed by atoms with E-state index in [9.17, 15) is 9.18 Å². The van der Waals surface area contributed by atoms with Crippen molar-refractivity contribution < 1.29 is 9.18 Å². The Morgan fingerprint density at radius 1 is 1.47 bits per heavy atom. The lowest BCUT2D eigenvalue weighted by Crippen LogP contribution is -2.27. The van der Waals surface area contributed by atoms with Gasteiger partial charge in [0.15, 0.2) is 0 Å². The normalized spacial score (nSPS) is 19.2. The van der Waals surface area contributed by atoms with Gasteiger partial charge < -0.3 is 10.6 Å². The second-order valence-corrected chi connectivity index (χ2v) is 4.38. The van der Waals surface area contributed by atoms with Crippen LogP contribution in [0.25, 0.3) is 0 Å². The zero-order chi connectivity index (χ0) is 12.1. The maximum atomic E-state index is 13.3. The van der Waals surface area contributed by atoms with E-state index < -0.39 is 5.82 Å². The molecule has 0 saturated carbocycles. The largest absolute Gasteiger partial charge is 0.352 e. The van der Waals surface area contributed by atoms with Gasteiger partial charge in [-0.15, -0.1) is 0 Å². The van der Waals surface area contributed by atoms with Crippen molar-refractivity contribution in [3.05, 3.63) is 35.6 Å². The third-order valence-corrected chi connectivity index (χ3v) is 3.12. The number of hydrogen-bond acceptors (Lipinski definition) is 2. The van der Waals surface area contributed by atoms with Crippen molar-refractivity contribution in [3.63, 3.8) is 0 Å². The topological polar surface area (TPSA) is 41.1 Å². The van der Waals surface area contributed by atoms with Gasteiger partial charge in [-0.3, -0.25) is 4.79 Å². The molecule has 2 N–H and O–H groups in total. The van der Waals surface area contributed by atoms with E-state index in [2.05, 4.69) is 10.6 Å². The zero-order valence-electron chi connectivity index (χ0n) is 9.71. The Balaban J connectivity index is 1.79. The van der Waals surface area contributed by atoms with Crippen molar-refractivity contribution in [1.29, 1.82) is 0 Å². The summed E-state index contributed by atoms with van der Waals surface area (Å²) in [5, 5.41) is 6.04. The van der Waals surface area contributed by atoms with Crippen LogP contribution >= 0.6 is 0 Å². The molecule has 0 spiro atoms. The Bertz CT molecular complexity index is 389. The summed E-state index contributed by atoms with van der Waals surface area (Å²) in [5.41, 5.74) is 0.122. The highest BCUT2D eigenvalue weighted by molar-refractivity contribution is 5.94. The summed E-state index contributed by atoms with van der Waals surface area (Å²) in [7, 11) is 0. The van der Waals surface area contributed by atoms with Crippen molar-refractivity contribution in [2.75, 3.05) is 19.6 Å². The van der Waals surface area contributed by atoms with Crippen LogP contribution in [0.2, 0.25) is 0 Å². The van der Waals surface area contributed by atoms with Crippen LogP contribution in [0.1, 0.15) is 23.2 Å². The van der Waals surface area contributed by atoms with Gasteiger partial charge in [0.25, 0.3) is 5.91 Å². The van der Waals surface area contributed by atoms with Crippen LogP contribution in [0.5, 0.6) is 0 Å². The first-order chi connectivity index (χ1) is 8.27. The molecular formula is C13H17FN2O. The SMILES string of the molecule is O=C(NCCC1CCNC1)c1ccccc1F. The van der Waals surface area contributed by atoms with Crippen molar-refractivity contribution in [1.82, 2.24) is 10.6 Å². The van der Waals surface area contributed by atoms with Crippen LogP contribution in [-0.4, -0.2) is 25.5 Å². The van der Waals surface area contributed by atoms with E-state index in [4.69, 9.17) is 0 Å². The summed E-state index contributed by atoms with van der Waals surface area (Å²) in [6, 6.07) is 6.05. The second kappa shape index (κ2) is 5.77. The van der Waals surface area contributed by atoms with Gasteiger partial charge in [0, 0.05) is 6.54 Å². The zero-order valence-corrected chi connectivity index (χ0v) is 9.71. The summed E-state index contributed by atoms with van der Waals surface area (Å²) in [6.45, 7) is 2.70. The lowest BCUT2D eigenvalue weighted by molar-refractivity contribution is 0.0947. The Morgan fingerprint density at radius 2 is 2.29 bits per heavy atom. The Morgan fingerprint density at radius 3 is 3.00 bits per heavy atom. The molecule has 17 heavy (non-hydrogen) atoms. The number of halogens is 1. The number of hydrogen-bond donors (Lipinski definition) is 2.